The van der Waals surface area contributed by atoms with Crippen LogP contribution in [0.3, 0.4) is 0 Å². The van der Waals surface area contributed by atoms with E-state index in [0.29, 0.717) is 26.2 Å². The summed E-state index contributed by atoms with van der Waals surface area (Å²) >= 11 is 3.21. The highest BCUT2D eigenvalue weighted by Gasteiger charge is 2.54. The third-order valence-corrected chi connectivity index (χ3v) is 6.76. The highest BCUT2D eigenvalue weighted by atomic mass is 79.9. The number of cyclic esters (lactones) is 1. The van der Waals surface area contributed by atoms with Gasteiger partial charge in [0.15, 0.2) is 11.6 Å². The van der Waals surface area contributed by atoms with E-state index in [1.54, 1.807) is 13.8 Å². The molecule has 1 saturated heterocycles. The lowest BCUT2D eigenvalue weighted by Crippen LogP contribution is -2.54. The Hall–Kier alpha value is -1.37. The molecule has 34 heavy (non-hydrogen) atoms. The van der Waals surface area contributed by atoms with Gasteiger partial charge in [-0.15, -0.1) is 0 Å². The molecule has 0 saturated carbocycles. The number of hydrogen-bond donors (Lipinski definition) is 2. The van der Waals surface area contributed by atoms with Crippen molar-refractivity contribution in [2.75, 3.05) is 33.0 Å². The van der Waals surface area contributed by atoms with Gasteiger partial charge in [-0.25, -0.2) is 9.69 Å². The number of nitrogens with zero attached hydrogens (tertiary/aromatic N) is 1. The zero-order valence-electron chi connectivity index (χ0n) is 20.4. The lowest BCUT2D eigenvalue weighted by molar-refractivity contribution is -0.217. The second-order valence-electron chi connectivity index (χ2n) is 9.43. The van der Waals surface area contributed by atoms with Crippen molar-refractivity contribution < 1.29 is 43.5 Å². The summed E-state index contributed by atoms with van der Waals surface area (Å²) in [7, 11) is 0. The number of hydrogen-bond acceptors (Lipinski definition) is 9. The van der Waals surface area contributed by atoms with Gasteiger partial charge in [0, 0.05) is 13.0 Å². The van der Waals surface area contributed by atoms with E-state index in [9.17, 15) is 19.5 Å². The first kappa shape index (κ1) is 28.9. The first-order valence-corrected chi connectivity index (χ1v) is 12.3. The fourth-order valence-corrected chi connectivity index (χ4v) is 4.92. The number of aliphatic hydroxyl groups excluding tert-OH is 1. The monoisotopic (exact) mass is 549 g/mol. The number of imide groups is 1. The molecule has 2 aliphatic rings. The van der Waals surface area contributed by atoms with Crippen molar-refractivity contribution in [1.29, 1.82) is 0 Å². The first-order valence-electron chi connectivity index (χ1n) is 11.5. The summed E-state index contributed by atoms with van der Waals surface area (Å²) < 4.78 is 21.9. The smallest absolute Gasteiger partial charge is 0.417 e. The second-order valence-corrected chi connectivity index (χ2v) is 10.3. The van der Waals surface area contributed by atoms with Gasteiger partial charge in [0.25, 0.3) is 0 Å². The van der Waals surface area contributed by atoms with E-state index >= 15 is 0 Å². The highest BCUT2D eigenvalue weighted by molar-refractivity contribution is 9.11. The van der Waals surface area contributed by atoms with Crippen LogP contribution in [0.4, 0.5) is 4.79 Å². The molecule has 2 aliphatic heterocycles. The largest absolute Gasteiger partial charge is 0.441 e. The molecule has 0 bridgehead atoms. The van der Waals surface area contributed by atoms with Crippen molar-refractivity contribution in [3.8, 4) is 0 Å². The number of ether oxygens (including phenoxy) is 4. The maximum absolute atomic E-state index is 13.3. The minimum absolute atomic E-state index is 0.0552. The van der Waals surface area contributed by atoms with E-state index in [0.717, 1.165) is 4.90 Å². The van der Waals surface area contributed by atoms with Crippen molar-refractivity contribution in [2.24, 2.45) is 11.8 Å². The Bertz CT molecular complexity index is 784. The topological polar surface area (TPSA) is 132 Å². The zero-order chi connectivity index (χ0) is 25.7. The van der Waals surface area contributed by atoms with Crippen molar-refractivity contribution in [1.82, 2.24) is 4.90 Å². The summed E-state index contributed by atoms with van der Waals surface area (Å²) in [4.78, 5) is 39.6. The predicted octanol–water partition coefficient (Wildman–Crippen LogP) is 2.15. The third-order valence-electron chi connectivity index (χ3n) is 5.91. The van der Waals surface area contributed by atoms with E-state index in [2.05, 4.69) is 15.9 Å². The Morgan fingerprint density at radius 2 is 1.79 bits per heavy atom. The summed E-state index contributed by atoms with van der Waals surface area (Å²) in [5.41, 5.74) is -0.870. The average molecular weight is 550 g/mol. The van der Waals surface area contributed by atoms with Crippen LogP contribution < -0.4 is 0 Å². The quantitative estimate of drug-likeness (QED) is 0.351. The Balaban J connectivity index is 2.04. The molecule has 2 heterocycles. The average Bonchev–Trinajstić information content (AvgIpc) is 3.00. The van der Waals surface area contributed by atoms with Crippen molar-refractivity contribution in [3.63, 3.8) is 0 Å². The van der Waals surface area contributed by atoms with Crippen LogP contribution in [-0.4, -0.2) is 89.5 Å². The van der Waals surface area contributed by atoms with E-state index in [-0.39, 0.29) is 30.0 Å². The normalized spacial score (nSPS) is 27.7. The standard InChI is InChI=1S/C23H36BrNO9/c1-14(2)19-22(4,5)34-21(29)25(19)20(28)15(3)18-16(27)13-17(24)23(30,33-18)7-6-9-31-11-12-32-10-8-26/h13-15,18-19,26,30H,6-12H2,1-5H3. The molecule has 0 aromatic heterocycles. The SMILES string of the molecule is CC(C)C1N(C(=O)C(C)C2OC(O)(CCCOCCOCCO)C(Br)=CC2=O)C(=O)OC1(C)C. The van der Waals surface area contributed by atoms with Crippen molar-refractivity contribution >= 4 is 33.7 Å². The molecule has 10 nitrogen and oxygen atoms in total. The molecule has 4 atom stereocenters. The van der Waals surface area contributed by atoms with Gasteiger partial charge in [0.05, 0.1) is 42.9 Å². The molecule has 0 aliphatic carbocycles. The predicted molar refractivity (Wildman–Crippen MR) is 125 cm³/mol. The summed E-state index contributed by atoms with van der Waals surface area (Å²) in [5.74, 6) is -3.99. The summed E-state index contributed by atoms with van der Waals surface area (Å²) in [6.45, 7) is 9.95. The van der Waals surface area contributed by atoms with Gasteiger partial charge in [-0.1, -0.05) is 20.8 Å². The third kappa shape index (κ3) is 6.64. The minimum atomic E-state index is -1.81. The number of aliphatic hydroxyl groups is 2. The molecule has 1 fully saturated rings. The molecule has 2 N–H and O–H groups in total. The molecule has 0 spiro atoms. The molecule has 4 unspecified atom stereocenters. The number of rotatable bonds is 12. The lowest BCUT2D eigenvalue weighted by atomic mass is 9.87. The van der Waals surface area contributed by atoms with Gasteiger partial charge < -0.3 is 29.2 Å². The van der Waals surface area contributed by atoms with Crippen LogP contribution in [0, 0.1) is 11.8 Å². The van der Waals surface area contributed by atoms with E-state index in [1.165, 1.54) is 13.0 Å². The Morgan fingerprint density at radius 3 is 2.38 bits per heavy atom. The number of amides is 2. The highest BCUT2D eigenvalue weighted by Crippen LogP contribution is 2.39. The molecule has 0 aromatic carbocycles. The number of carbonyl (C=O) groups excluding carboxylic acids is 3. The van der Waals surface area contributed by atoms with Gasteiger partial charge in [-0.2, -0.15) is 0 Å². The second kappa shape index (κ2) is 12.0. The molecule has 194 valence electrons. The van der Waals surface area contributed by atoms with Crippen LogP contribution in [0.25, 0.3) is 0 Å². The van der Waals surface area contributed by atoms with Crippen LogP contribution in [0.2, 0.25) is 0 Å². The number of halogens is 1. The van der Waals surface area contributed by atoms with Crippen LogP contribution in [0.5, 0.6) is 0 Å². The Morgan fingerprint density at radius 1 is 1.18 bits per heavy atom. The van der Waals surface area contributed by atoms with Crippen molar-refractivity contribution in [3.05, 3.63) is 10.6 Å². The zero-order valence-corrected chi connectivity index (χ0v) is 22.0. The Labute approximate surface area is 208 Å². The fraction of sp³-hybridized carbons (Fsp3) is 0.783. The summed E-state index contributed by atoms with van der Waals surface area (Å²) in [6.07, 6.45) is -0.287. The molecular weight excluding hydrogens is 514 g/mol. The van der Waals surface area contributed by atoms with E-state index < -0.39 is 47.2 Å². The summed E-state index contributed by atoms with van der Waals surface area (Å²) in [5, 5.41) is 19.7. The molecule has 0 radical (unpaired) electrons. The van der Waals surface area contributed by atoms with Crippen LogP contribution in [0.15, 0.2) is 10.6 Å². The van der Waals surface area contributed by atoms with Gasteiger partial charge in [-0.05, 0) is 48.2 Å². The molecular formula is C23H36BrNO9. The molecule has 2 rings (SSSR count). The van der Waals surface area contributed by atoms with Crippen LogP contribution >= 0.6 is 15.9 Å². The number of ketones is 1. The Kier molecular flexibility index (Phi) is 10.2. The van der Waals surface area contributed by atoms with E-state index in [1.807, 2.05) is 13.8 Å². The lowest BCUT2D eigenvalue weighted by Gasteiger charge is -2.38. The molecule has 0 aromatic rings. The van der Waals surface area contributed by atoms with Crippen LogP contribution in [-0.2, 0) is 28.5 Å². The maximum atomic E-state index is 13.3. The van der Waals surface area contributed by atoms with Crippen LogP contribution in [0.1, 0.15) is 47.5 Å². The minimum Gasteiger partial charge on any atom is -0.441 e. The summed E-state index contributed by atoms with van der Waals surface area (Å²) in [6, 6.07) is -0.506. The van der Waals surface area contributed by atoms with Gasteiger partial charge >= 0.3 is 6.09 Å². The maximum Gasteiger partial charge on any atom is 0.417 e. The first-order chi connectivity index (χ1) is 15.9. The van der Waals surface area contributed by atoms with Gasteiger partial charge in [-0.3, -0.25) is 9.59 Å². The van der Waals surface area contributed by atoms with Gasteiger partial charge in [0.1, 0.15) is 11.7 Å². The van der Waals surface area contributed by atoms with Crippen molar-refractivity contribution in [2.45, 2.75) is 71.0 Å². The number of carbonyl (C=O) groups is 3. The van der Waals surface area contributed by atoms with E-state index in [4.69, 9.17) is 24.1 Å². The molecule has 2 amide bonds. The van der Waals surface area contributed by atoms with Gasteiger partial charge in [0.2, 0.25) is 5.91 Å². The molecule has 11 heteroatoms. The fourth-order valence-electron chi connectivity index (χ4n) is 4.41.